The minimum absolute atomic E-state index is 0.563. The van der Waals surface area contributed by atoms with E-state index in [1.165, 1.54) is 0 Å². The lowest BCUT2D eigenvalue weighted by atomic mass is 10.0. The Morgan fingerprint density at radius 3 is 2.40 bits per heavy atom. The number of hydrogen-bond donors (Lipinski definition) is 2. The molecule has 0 amide bonds. The summed E-state index contributed by atoms with van der Waals surface area (Å²) in [6.45, 7) is 4.02. The quantitative estimate of drug-likeness (QED) is 0.598. The first-order valence-electron chi connectivity index (χ1n) is 5.31. The van der Waals surface area contributed by atoms with Gasteiger partial charge in [0.25, 0.3) is 0 Å². The number of thioether (sulfide) groups is 1. The number of para-hydroxylation sites is 1. The van der Waals surface area contributed by atoms with Crippen LogP contribution >= 0.6 is 11.8 Å². The van der Waals surface area contributed by atoms with Crippen molar-refractivity contribution in [3.05, 3.63) is 24.3 Å². The fourth-order valence-electron chi connectivity index (χ4n) is 1.28. The molecule has 0 aliphatic carbocycles. The Kier molecular flexibility index (Phi) is 4.48. The Morgan fingerprint density at radius 2 is 1.87 bits per heavy atom. The lowest BCUT2D eigenvalue weighted by molar-refractivity contribution is 0.0572. The molecule has 0 aromatic heterocycles. The maximum atomic E-state index is 10.1. The fourth-order valence-corrected chi connectivity index (χ4v) is 2.52. The molecule has 15 heavy (non-hydrogen) atoms. The van der Waals surface area contributed by atoms with Gasteiger partial charge in [0, 0.05) is 16.3 Å². The topological polar surface area (TPSA) is 46.2 Å². The normalized spacial score (nSPS) is 11.7. The molecule has 0 radical (unpaired) electrons. The highest BCUT2D eigenvalue weighted by atomic mass is 32.2. The summed E-state index contributed by atoms with van der Waals surface area (Å²) >= 11 is 1.63. The average Bonchev–Trinajstić information content (AvgIpc) is 2.28. The van der Waals surface area contributed by atoms with E-state index < -0.39 is 5.60 Å². The van der Waals surface area contributed by atoms with Crippen LogP contribution in [-0.2, 0) is 0 Å². The van der Waals surface area contributed by atoms with Gasteiger partial charge in [-0.25, -0.2) is 0 Å². The molecule has 3 N–H and O–H groups in total. The van der Waals surface area contributed by atoms with Crippen LogP contribution in [0.15, 0.2) is 29.2 Å². The molecule has 2 nitrogen and oxygen atoms in total. The minimum atomic E-state index is -0.563. The fraction of sp³-hybridized carbons (Fsp3) is 0.500. The number of rotatable bonds is 5. The predicted molar refractivity (Wildman–Crippen MR) is 67.1 cm³/mol. The molecule has 3 heteroatoms. The van der Waals surface area contributed by atoms with Gasteiger partial charge in [0.15, 0.2) is 0 Å². The monoisotopic (exact) mass is 225 g/mol. The molecule has 0 saturated carbocycles. The van der Waals surface area contributed by atoms with E-state index in [2.05, 4.69) is 0 Å². The molecule has 0 heterocycles. The van der Waals surface area contributed by atoms with Crippen LogP contribution in [0.2, 0.25) is 0 Å². The van der Waals surface area contributed by atoms with E-state index in [0.717, 1.165) is 23.4 Å². The summed E-state index contributed by atoms with van der Waals surface area (Å²) in [5.41, 5.74) is 6.06. The minimum Gasteiger partial charge on any atom is -0.398 e. The van der Waals surface area contributed by atoms with Crippen LogP contribution in [0.3, 0.4) is 0 Å². The van der Waals surface area contributed by atoms with Crippen LogP contribution in [0, 0.1) is 0 Å². The molecule has 0 spiro atoms. The van der Waals surface area contributed by atoms with Crippen molar-refractivity contribution in [2.24, 2.45) is 0 Å². The third-order valence-corrected chi connectivity index (χ3v) is 4.10. The van der Waals surface area contributed by atoms with Crippen molar-refractivity contribution >= 4 is 17.4 Å². The zero-order valence-corrected chi connectivity index (χ0v) is 10.2. The van der Waals surface area contributed by atoms with Crippen molar-refractivity contribution < 1.29 is 5.11 Å². The molecule has 0 unspecified atom stereocenters. The molecular formula is C12H19NOS. The lowest BCUT2D eigenvalue weighted by Gasteiger charge is -2.24. The molecule has 0 fully saturated rings. The number of nitrogens with two attached hydrogens (primary N) is 1. The molecule has 1 rings (SSSR count). The molecular weight excluding hydrogens is 206 g/mol. The van der Waals surface area contributed by atoms with Crippen LogP contribution in [0.5, 0.6) is 0 Å². The summed E-state index contributed by atoms with van der Waals surface area (Å²) in [5, 5.41) is 10.1. The molecule has 84 valence electrons. The lowest BCUT2D eigenvalue weighted by Crippen LogP contribution is -2.29. The van der Waals surface area contributed by atoms with Gasteiger partial charge < -0.3 is 10.8 Å². The van der Waals surface area contributed by atoms with Gasteiger partial charge in [-0.2, -0.15) is 0 Å². The van der Waals surface area contributed by atoms with E-state index in [1.807, 2.05) is 38.1 Å². The maximum Gasteiger partial charge on any atom is 0.0736 e. The first-order chi connectivity index (χ1) is 7.11. The Bertz CT molecular complexity index is 310. The van der Waals surface area contributed by atoms with Gasteiger partial charge in [-0.3, -0.25) is 0 Å². The Morgan fingerprint density at radius 1 is 1.27 bits per heavy atom. The van der Waals surface area contributed by atoms with Crippen LogP contribution in [0.1, 0.15) is 26.7 Å². The van der Waals surface area contributed by atoms with Crippen LogP contribution in [-0.4, -0.2) is 16.5 Å². The van der Waals surface area contributed by atoms with E-state index in [1.54, 1.807) is 11.8 Å². The van der Waals surface area contributed by atoms with Gasteiger partial charge >= 0.3 is 0 Å². The molecule has 0 saturated heterocycles. The standard InChI is InChI=1S/C12H19NOS/c1-3-12(14,4-2)9-15-11-8-6-5-7-10(11)13/h5-8,14H,3-4,9,13H2,1-2H3. The number of aliphatic hydroxyl groups is 1. The summed E-state index contributed by atoms with van der Waals surface area (Å²) in [7, 11) is 0. The molecule has 1 aromatic rings. The van der Waals surface area contributed by atoms with Gasteiger partial charge in [-0.15, -0.1) is 11.8 Å². The summed E-state index contributed by atoms with van der Waals surface area (Å²) in [6.07, 6.45) is 1.56. The van der Waals surface area contributed by atoms with Gasteiger partial charge in [0.2, 0.25) is 0 Å². The van der Waals surface area contributed by atoms with Gasteiger partial charge in [-0.1, -0.05) is 26.0 Å². The third-order valence-electron chi connectivity index (χ3n) is 2.73. The Hall–Kier alpha value is -0.670. The van der Waals surface area contributed by atoms with Gasteiger partial charge in [0.05, 0.1) is 5.60 Å². The predicted octanol–water partition coefficient (Wildman–Crippen LogP) is 2.91. The highest BCUT2D eigenvalue weighted by Gasteiger charge is 2.22. The van der Waals surface area contributed by atoms with Crippen LogP contribution in [0.25, 0.3) is 0 Å². The van der Waals surface area contributed by atoms with Crippen molar-refractivity contribution in [3.63, 3.8) is 0 Å². The first kappa shape index (κ1) is 12.4. The molecule has 0 aliphatic rings. The van der Waals surface area contributed by atoms with E-state index in [4.69, 9.17) is 5.73 Å². The summed E-state index contributed by atoms with van der Waals surface area (Å²) in [5.74, 6) is 0.703. The number of benzene rings is 1. The zero-order valence-electron chi connectivity index (χ0n) is 9.36. The first-order valence-corrected chi connectivity index (χ1v) is 6.29. The highest BCUT2D eigenvalue weighted by molar-refractivity contribution is 7.99. The highest BCUT2D eigenvalue weighted by Crippen LogP contribution is 2.29. The number of nitrogen functional groups attached to an aromatic ring is 1. The van der Waals surface area contributed by atoms with Crippen molar-refractivity contribution in [2.45, 2.75) is 37.2 Å². The summed E-state index contributed by atoms with van der Waals surface area (Å²) in [4.78, 5) is 1.05. The van der Waals surface area contributed by atoms with E-state index in [9.17, 15) is 5.11 Å². The molecule has 0 aliphatic heterocycles. The SMILES string of the molecule is CCC(O)(CC)CSc1ccccc1N. The van der Waals surface area contributed by atoms with Crippen molar-refractivity contribution in [1.82, 2.24) is 0 Å². The Labute approximate surface area is 95.9 Å². The van der Waals surface area contributed by atoms with Crippen LogP contribution < -0.4 is 5.73 Å². The van der Waals surface area contributed by atoms with Crippen molar-refractivity contribution in [1.29, 1.82) is 0 Å². The van der Waals surface area contributed by atoms with E-state index in [0.29, 0.717) is 5.75 Å². The molecule has 0 atom stereocenters. The van der Waals surface area contributed by atoms with E-state index >= 15 is 0 Å². The second-order valence-corrected chi connectivity index (χ2v) is 4.78. The summed E-state index contributed by atoms with van der Waals surface area (Å²) < 4.78 is 0. The number of anilines is 1. The number of hydrogen-bond acceptors (Lipinski definition) is 3. The largest absolute Gasteiger partial charge is 0.398 e. The molecule has 1 aromatic carbocycles. The summed E-state index contributed by atoms with van der Waals surface area (Å²) in [6, 6.07) is 7.77. The smallest absolute Gasteiger partial charge is 0.0736 e. The zero-order chi connectivity index (χ0) is 11.3. The van der Waals surface area contributed by atoms with Gasteiger partial charge in [-0.05, 0) is 25.0 Å². The Balaban J connectivity index is 2.61. The van der Waals surface area contributed by atoms with Crippen molar-refractivity contribution in [3.8, 4) is 0 Å². The molecule has 0 bridgehead atoms. The second kappa shape index (κ2) is 5.42. The average molecular weight is 225 g/mol. The maximum absolute atomic E-state index is 10.1. The second-order valence-electron chi connectivity index (χ2n) is 3.76. The van der Waals surface area contributed by atoms with Crippen LogP contribution in [0.4, 0.5) is 5.69 Å². The van der Waals surface area contributed by atoms with Gasteiger partial charge in [0.1, 0.15) is 0 Å². The third kappa shape index (κ3) is 3.43. The van der Waals surface area contributed by atoms with E-state index in [-0.39, 0.29) is 0 Å². The van der Waals surface area contributed by atoms with Crippen molar-refractivity contribution in [2.75, 3.05) is 11.5 Å².